The van der Waals surface area contributed by atoms with Gasteiger partial charge in [0.2, 0.25) is 0 Å². The summed E-state index contributed by atoms with van der Waals surface area (Å²) in [6.45, 7) is 2.21. The van der Waals surface area contributed by atoms with Crippen LogP contribution < -0.4 is 0 Å². The zero-order chi connectivity index (χ0) is 14.3. The van der Waals surface area contributed by atoms with Gasteiger partial charge < -0.3 is 4.74 Å². The molecule has 1 aromatic rings. The summed E-state index contributed by atoms with van der Waals surface area (Å²) in [6.07, 6.45) is 10.4. The van der Waals surface area contributed by atoms with Gasteiger partial charge in [-0.25, -0.2) is 4.79 Å². The van der Waals surface area contributed by atoms with Crippen molar-refractivity contribution in [1.29, 1.82) is 0 Å². The zero-order valence-corrected chi connectivity index (χ0v) is 12.6. The number of unbranched alkanes of at least 4 members (excludes halogenated alkanes) is 2. The van der Waals surface area contributed by atoms with Crippen molar-refractivity contribution < 1.29 is 9.53 Å². The fourth-order valence-electron chi connectivity index (χ4n) is 3.13. The Balaban J connectivity index is 2.01. The molecule has 1 saturated carbocycles. The molecule has 0 heterocycles. The van der Waals surface area contributed by atoms with E-state index in [9.17, 15) is 4.79 Å². The first-order chi connectivity index (χ1) is 9.76. The molecule has 0 radical (unpaired) electrons. The Kier molecular flexibility index (Phi) is 5.63. The molecule has 0 N–H and O–H groups in total. The summed E-state index contributed by atoms with van der Waals surface area (Å²) in [5.74, 6) is -0.149. The van der Waals surface area contributed by atoms with Gasteiger partial charge in [0.1, 0.15) is 5.60 Å². The van der Waals surface area contributed by atoms with Gasteiger partial charge in [0.05, 0.1) is 5.56 Å². The Hall–Kier alpha value is -1.31. The highest BCUT2D eigenvalue weighted by Gasteiger charge is 2.35. The van der Waals surface area contributed by atoms with Crippen LogP contribution in [0.5, 0.6) is 0 Å². The molecule has 0 aromatic heterocycles. The van der Waals surface area contributed by atoms with Crippen molar-refractivity contribution in [1.82, 2.24) is 0 Å². The molecule has 1 aromatic carbocycles. The standard InChI is InChI=1S/C18H26O2/c1-2-3-8-13-18(14-9-5-10-15-18)20-17(19)16-11-6-4-7-12-16/h4,6-7,11-12H,2-3,5,8-10,13-15H2,1H3. The van der Waals surface area contributed by atoms with Crippen molar-refractivity contribution in [2.75, 3.05) is 0 Å². The maximum atomic E-state index is 12.3. The van der Waals surface area contributed by atoms with Crippen LogP contribution in [-0.2, 0) is 4.74 Å². The Morgan fingerprint density at radius 1 is 1.10 bits per heavy atom. The highest BCUT2D eigenvalue weighted by molar-refractivity contribution is 5.89. The van der Waals surface area contributed by atoms with Crippen molar-refractivity contribution in [3.05, 3.63) is 35.9 Å². The van der Waals surface area contributed by atoms with Crippen LogP contribution in [-0.4, -0.2) is 11.6 Å². The summed E-state index contributed by atoms with van der Waals surface area (Å²) in [5.41, 5.74) is 0.480. The van der Waals surface area contributed by atoms with Crippen molar-refractivity contribution in [3.8, 4) is 0 Å². The summed E-state index contributed by atoms with van der Waals surface area (Å²) in [7, 11) is 0. The SMILES string of the molecule is CCCCCC1(OC(=O)c2ccccc2)CCCCC1. The summed E-state index contributed by atoms with van der Waals surface area (Å²) in [5, 5.41) is 0. The molecular weight excluding hydrogens is 248 g/mol. The lowest BCUT2D eigenvalue weighted by molar-refractivity contribution is -0.0435. The number of rotatable bonds is 6. The van der Waals surface area contributed by atoms with Crippen LogP contribution in [0.2, 0.25) is 0 Å². The molecule has 20 heavy (non-hydrogen) atoms. The quantitative estimate of drug-likeness (QED) is 0.531. The molecule has 2 heteroatoms. The highest BCUT2D eigenvalue weighted by Crippen LogP contribution is 2.36. The lowest BCUT2D eigenvalue weighted by Crippen LogP contribution is -2.37. The third-order valence-electron chi connectivity index (χ3n) is 4.32. The molecule has 0 spiro atoms. The Morgan fingerprint density at radius 3 is 2.45 bits per heavy atom. The monoisotopic (exact) mass is 274 g/mol. The second-order valence-electron chi connectivity index (χ2n) is 5.96. The molecule has 0 unspecified atom stereocenters. The fraction of sp³-hybridized carbons (Fsp3) is 0.611. The number of carbonyl (C=O) groups is 1. The predicted molar refractivity (Wildman–Crippen MR) is 81.8 cm³/mol. The van der Waals surface area contributed by atoms with Crippen LogP contribution in [0.3, 0.4) is 0 Å². The first kappa shape index (κ1) is 15.1. The molecule has 0 saturated heterocycles. The van der Waals surface area contributed by atoms with Gasteiger partial charge >= 0.3 is 5.97 Å². The maximum absolute atomic E-state index is 12.3. The fourth-order valence-corrected chi connectivity index (χ4v) is 3.13. The number of benzene rings is 1. The number of hydrogen-bond acceptors (Lipinski definition) is 2. The molecule has 110 valence electrons. The van der Waals surface area contributed by atoms with Crippen molar-refractivity contribution in [2.45, 2.75) is 70.3 Å². The number of carbonyl (C=O) groups excluding carboxylic acids is 1. The predicted octanol–water partition coefficient (Wildman–Crippen LogP) is 5.13. The van der Waals surface area contributed by atoms with Crippen LogP contribution in [0.4, 0.5) is 0 Å². The topological polar surface area (TPSA) is 26.3 Å². The third-order valence-corrected chi connectivity index (χ3v) is 4.32. The van der Waals surface area contributed by atoms with Crippen LogP contribution in [0.15, 0.2) is 30.3 Å². The van der Waals surface area contributed by atoms with E-state index in [-0.39, 0.29) is 11.6 Å². The van der Waals surface area contributed by atoms with E-state index in [0.29, 0.717) is 5.56 Å². The first-order valence-electron chi connectivity index (χ1n) is 8.04. The average Bonchev–Trinajstić information content (AvgIpc) is 2.49. The molecule has 1 aliphatic rings. The first-order valence-corrected chi connectivity index (χ1v) is 8.04. The minimum Gasteiger partial charge on any atom is -0.455 e. The minimum atomic E-state index is -0.194. The van der Waals surface area contributed by atoms with E-state index in [4.69, 9.17) is 4.74 Å². The normalized spacial score (nSPS) is 17.6. The molecule has 0 amide bonds. The average molecular weight is 274 g/mol. The largest absolute Gasteiger partial charge is 0.455 e. The molecule has 2 nitrogen and oxygen atoms in total. The van der Waals surface area contributed by atoms with Crippen LogP contribution in [0.25, 0.3) is 0 Å². The zero-order valence-electron chi connectivity index (χ0n) is 12.6. The second-order valence-corrected chi connectivity index (χ2v) is 5.96. The van der Waals surface area contributed by atoms with Gasteiger partial charge in [-0.1, -0.05) is 44.4 Å². The maximum Gasteiger partial charge on any atom is 0.338 e. The van der Waals surface area contributed by atoms with Crippen molar-refractivity contribution in [3.63, 3.8) is 0 Å². The van der Waals surface area contributed by atoms with Gasteiger partial charge in [-0.05, 0) is 50.7 Å². The second kappa shape index (κ2) is 7.47. The number of ether oxygens (including phenoxy) is 1. The Bertz CT molecular complexity index is 405. The summed E-state index contributed by atoms with van der Waals surface area (Å²) >= 11 is 0. The van der Waals surface area contributed by atoms with E-state index in [2.05, 4.69) is 6.92 Å². The van der Waals surface area contributed by atoms with Gasteiger partial charge in [-0.2, -0.15) is 0 Å². The lowest BCUT2D eigenvalue weighted by Gasteiger charge is -2.37. The van der Waals surface area contributed by atoms with E-state index in [1.165, 1.54) is 38.5 Å². The van der Waals surface area contributed by atoms with E-state index in [1.54, 1.807) is 0 Å². The van der Waals surface area contributed by atoms with Gasteiger partial charge in [0, 0.05) is 0 Å². The molecule has 1 fully saturated rings. The van der Waals surface area contributed by atoms with Gasteiger partial charge in [0.25, 0.3) is 0 Å². The lowest BCUT2D eigenvalue weighted by atomic mass is 9.81. The Morgan fingerprint density at radius 2 is 1.80 bits per heavy atom. The Labute approximate surface area is 122 Å². The van der Waals surface area contributed by atoms with E-state index >= 15 is 0 Å². The van der Waals surface area contributed by atoms with Crippen molar-refractivity contribution >= 4 is 5.97 Å². The van der Waals surface area contributed by atoms with Crippen LogP contribution >= 0.6 is 0 Å². The molecule has 0 atom stereocenters. The van der Waals surface area contributed by atoms with Crippen LogP contribution in [0.1, 0.15) is 75.1 Å². The smallest absolute Gasteiger partial charge is 0.338 e. The summed E-state index contributed by atoms with van der Waals surface area (Å²) < 4.78 is 5.97. The van der Waals surface area contributed by atoms with E-state index in [0.717, 1.165) is 19.3 Å². The van der Waals surface area contributed by atoms with Crippen molar-refractivity contribution in [2.24, 2.45) is 0 Å². The minimum absolute atomic E-state index is 0.149. The van der Waals surface area contributed by atoms with Gasteiger partial charge in [0.15, 0.2) is 0 Å². The third kappa shape index (κ3) is 4.09. The number of esters is 1. The molecule has 0 aliphatic heterocycles. The molecule has 1 aliphatic carbocycles. The summed E-state index contributed by atoms with van der Waals surface area (Å²) in [4.78, 5) is 12.3. The molecular formula is C18H26O2. The molecule has 0 bridgehead atoms. The van der Waals surface area contributed by atoms with Crippen LogP contribution in [0, 0.1) is 0 Å². The number of hydrogen-bond donors (Lipinski definition) is 0. The van der Waals surface area contributed by atoms with E-state index < -0.39 is 0 Å². The van der Waals surface area contributed by atoms with E-state index in [1.807, 2.05) is 30.3 Å². The summed E-state index contributed by atoms with van der Waals surface area (Å²) in [6, 6.07) is 9.38. The highest BCUT2D eigenvalue weighted by atomic mass is 16.6. The molecule has 2 rings (SSSR count). The van der Waals surface area contributed by atoms with Gasteiger partial charge in [-0.15, -0.1) is 0 Å². The van der Waals surface area contributed by atoms with Gasteiger partial charge in [-0.3, -0.25) is 0 Å².